The lowest BCUT2D eigenvalue weighted by atomic mass is 10.2. The molecule has 1 aliphatic rings. The Labute approximate surface area is 106 Å². The molecule has 18 heavy (non-hydrogen) atoms. The number of hydrogen-bond acceptors (Lipinski definition) is 3. The fourth-order valence-electron chi connectivity index (χ4n) is 2.21. The predicted molar refractivity (Wildman–Crippen MR) is 67.8 cm³/mol. The number of halogens is 1. The molecule has 1 aromatic rings. The maximum absolute atomic E-state index is 12.7. The molecule has 4 nitrogen and oxygen atoms in total. The topological polar surface area (TPSA) is 72.2 Å². The lowest BCUT2D eigenvalue weighted by Crippen LogP contribution is -2.44. The summed E-state index contributed by atoms with van der Waals surface area (Å²) in [6.45, 7) is 0. The summed E-state index contributed by atoms with van der Waals surface area (Å²) in [7, 11) is -3.42. The molecular weight excluding hydrogens is 255 g/mol. The minimum atomic E-state index is -3.42. The third-order valence-electron chi connectivity index (χ3n) is 3.17. The van der Waals surface area contributed by atoms with E-state index in [0.717, 1.165) is 19.3 Å². The largest absolute Gasteiger partial charge is 0.326 e. The Morgan fingerprint density at radius 3 is 2.50 bits per heavy atom. The molecule has 6 heteroatoms. The zero-order valence-electron chi connectivity index (χ0n) is 9.97. The summed E-state index contributed by atoms with van der Waals surface area (Å²) in [4.78, 5) is 0. The molecule has 0 aliphatic heterocycles. The van der Waals surface area contributed by atoms with E-state index < -0.39 is 10.0 Å². The fourth-order valence-corrected chi connectivity index (χ4v) is 3.68. The molecule has 1 fully saturated rings. The molecule has 0 bridgehead atoms. The van der Waals surface area contributed by atoms with E-state index in [1.807, 2.05) is 0 Å². The Morgan fingerprint density at radius 2 is 1.94 bits per heavy atom. The Bertz CT molecular complexity index is 501. The maximum atomic E-state index is 12.7. The van der Waals surface area contributed by atoms with Crippen LogP contribution in [0.15, 0.2) is 24.3 Å². The molecule has 0 spiro atoms. The van der Waals surface area contributed by atoms with Gasteiger partial charge in [-0.25, -0.2) is 17.5 Å². The molecule has 100 valence electrons. The van der Waals surface area contributed by atoms with Crippen molar-refractivity contribution in [2.75, 3.05) is 0 Å². The van der Waals surface area contributed by atoms with Crippen molar-refractivity contribution in [2.24, 2.45) is 5.73 Å². The van der Waals surface area contributed by atoms with Crippen molar-refractivity contribution in [1.29, 1.82) is 0 Å². The smallest absolute Gasteiger partial charge is 0.216 e. The van der Waals surface area contributed by atoms with Crippen LogP contribution in [0.25, 0.3) is 0 Å². The number of sulfonamides is 1. The van der Waals surface area contributed by atoms with Crippen molar-refractivity contribution < 1.29 is 12.8 Å². The van der Waals surface area contributed by atoms with E-state index in [4.69, 9.17) is 5.73 Å². The first-order chi connectivity index (χ1) is 8.46. The Morgan fingerprint density at radius 1 is 1.28 bits per heavy atom. The van der Waals surface area contributed by atoms with E-state index >= 15 is 0 Å². The molecule has 1 aromatic carbocycles. The van der Waals surface area contributed by atoms with Crippen LogP contribution < -0.4 is 10.5 Å². The second-order valence-electron chi connectivity index (χ2n) is 4.70. The fraction of sp³-hybridized carbons (Fsp3) is 0.500. The van der Waals surface area contributed by atoms with Crippen molar-refractivity contribution in [3.05, 3.63) is 35.6 Å². The first-order valence-corrected chi connectivity index (χ1v) is 7.61. The zero-order valence-corrected chi connectivity index (χ0v) is 10.8. The molecule has 3 N–H and O–H groups in total. The van der Waals surface area contributed by atoms with E-state index in [1.54, 1.807) is 0 Å². The molecule has 0 amide bonds. The van der Waals surface area contributed by atoms with Crippen molar-refractivity contribution in [2.45, 2.75) is 37.1 Å². The summed E-state index contributed by atoms with van der Waals surface area (Å²) in [5.74, 6) is -0.516. The van der Waals surface area contributed by atoms with Crippen LogP contribution in [-0.2, 0) is 15.8 Å². The Kier molecular flexibility index (Phi) is 3.99. The number of hydrogen-bond donors (Lipinski definition) is 2. The van der Waals surface area contributed by atoms with Gasteiger partial charge in [-0.05, 0) is 30.5 Å². The highest BCUT2D eigenvalue weighted by Crippen LogP contribution is 2.18. The van der Waals surface area contributed by atoms with Crippen molar-refractivity contribution in [3.63, 3.8) is 0 Å². The standard InChI is InChI=1S/C12H17FN2O2S/c13-10-6-4-9(5-7-10)8-18(16,17)15-12-3-1-2-11(12)14/h4-7,11-12,15H,1-3,8,14H2. The molecule has 0 heterocycles. The van der Waals surface area contributed by atoms with Gasteiger partial charge in [0.15, 0.2) is 0 Å². The first-order valence-electron chi connectivity index (χ1n) is 5.96. The number of benzene rings is 1. The highest BCUT2D eigenvalue weighted by atomic mass is 32.2. The second-order valence-corrected chi connectivity index (χ2v) is 6.46. The highest BCUT2D eigenvalue weighted by Gasteiger charge is 2.27. The molecule has 1 aliphatic carbocycles. The quantitative estimate of drug-likeness (QED) is 0.863. The third kappa shape index (κ3) is 3.51. The minimum Gasteiger partial charge on any atom is -0.326 e. The van der Waals surface area contributed by atoms with E-state index in [9.17, 15) is 12.8 Å². The van der Waals surface area contributed by atoms with Gasteiger partial charge in [-0.2, -0.15) is 0 Å². The molecule has 2 unspecified atom stereocenters. The van der Waals surface area contributed by atoms with Crippen LogP contribution in [0.1, 0.15) is 24.8 Å². The summed E-state index contributed by atoms with van der Waals surface area (Å²) < 4.78 is 39.2. The maximum Gasteiger partial charge on any atom is 0.216 e. The van der Waals surface area contributed by atoms with E-state index in [0.29, 0.717) is 5.56 Å². The third-order valence-corrected chi connectivity index (χ3v) is 4.55. The molecule has 0 aromatic heterocycles. The van der Waals surface area contributed by atoms with Crippen LogP contribution >= 0.6 is 0 Å². The number of rotatable bonds is 4. The molecule has 0 saturated heterocycles. The van der Waals surface area contributed by atoms with Gasteiger partial charge in [0, 0.05) is 12.1 Å². The van der Waals surface area contributed by atoms with Gasteiger partial charge >= 0.3 is 0 Å². The lowest BCUT2D eigenvalue weighted by Gasteiger charge is -2.17. The normalized spacial score (nSPS) is 24.3. The lowest BCUT2D eigenvalue weighted by molar-refractivity contribution is 0.521. The minimum absolute atomic E-state index is 0.104. The van der Waals surface area contributed by atoms with Gasteiger partial charge in [-0.15, -0.1) is 0 Å². The molecular formula is C12H17FN2O2S. The van der Waals surface area contributed by atoms with Gasteiger partial charge in [0.2, 0.25) is 10.0 Å². The van der Waals surface area contributed by atoms with Gasteiger partial charge in [0.05, 0.1) is 5.75 Å². The second kappa shape index (κ2) is 5.34. The van der Waals surface area contributed by atoms with Crippen LogP contribution in [0.4, 0.5) is 4.39 Å². The van der Waals surface area contributed by atoms with Gasteiger partial charge < -0.3 is 5.73 Å². The molecule has 0 radical (unpaired) electrons. The van der Waals surface area contributed by atoms with Crippen LogP contribution in [0, 0.1) is 5.82 Å². The Hall–Kier alpha value is -0.980. The van der Waals surface area contributed by atoms with Gasteiger partial charge in [0.25, 0.3) is 0 Å². The summed E-state index contributed by atoms with van der Waals surface area (Å²) in [5.41, 5.74) is 6.39. The summed E-state index contributed by atoms with van der Waals surface area (Å²) >= 11 is 0. The van der Waals surface area contributed by atoms with Crippen molar-refractivity contribution in [3.8, 4) is 0 Å². The highest BCUT2D eigenvalue weighted by molar-refractivity contribution is 7.88. The number of nitrogens with one attached hydrogen (secondary N) is 1. The summed E-state index contributed by atoms with van der Waals surface area (Å²) in [5, 5.41) is 0. The molecule has 1 saturated carbocycles. The number of nitrogens with two attached hydrogens (primary N) is 1. The monoisotopic (exact) mass is 272 g/mol. The van der Waals surface area contributed by atoms with Crippen LogP contribution in [0.5, 0.6) is 0 Å². The van der Waals surface area contributed by atoms with Gasteiger partial charge in [-0.3, -0.25) is 0 Å². The first kappa shape index (κ1) is 13.5. The van der Waals surface area contributed by atoms with Crippen molar-refractivity contribution in [1.82, 2.24) is 4.72 Å². The van der Waals surface area contributed by atoms with Crippen LogP contribution in [0.2, 0.25) is 0 Å². The molecule has 2 rings (SSSR count). The average molecular weight is 272 g/mol. The van der Waals surface area contributed by atoms with Crippen LogP contribution in [-0.4, -0.2) is 20.5 Å². The van der Waals surface area contributed by atoms with Crippen LogP contribution in [0.3, 0.4) is 0 Å². The van der Waals surface area contributed by atoms with Gasteiger partial charge in [-0.1, -0.05) is 18.6 Å². The Balaban J connectivity index is 2.01. The van der Waals surface area contributed by atoms with Gasteiger partial charge in [0.1, 0.15) is 5.82 Å². The summed E-state index contributed by atoms with van der Waals surface area (Å²) in [6, 6.07) is 5.19. The van der Waals surface area contributed by atoms with Crippen molar-refractivity contribution >= 4 is 10.0 Å². The molecule has 2 atom stereocenters. The SMILES string of the molecule is NC1CCCC1NS(=O)(=O)Cc1ccc(F)cc1. The van der Waals surface area contributed by atoms with E-state index in [1.165, 1.54) is 24.3 Å². The average Bonchev–Trinajstić information content (AvgIpc) is 2.67. The van der Waals surface area contributed by atoms with E-state index in [2.05, 4.69) is 4.72 Å². The summed E-state index contributed by atoms with van der Waals surface area (Å²) in [6.07, 6.45) is 2.58. The zero-order chi connectivity index (χ0) is 13.2. The van der Waals surface area contributed by atoms with E-state index in [-0.39, 0.29) is 23.7 Å². The predicted octanol–water partition coefficient (Wildman–Crippen LogP) is 1.12.